The third kappa shape index (κ3) is 7.75. The Balaban J connectivity index is 1.42. The molecule has 45 heavy (non-hydrogen) atoms. The fraction of sp³-hybridized carbons (Fsp3) is 0.343. The van der Waals surface area contributed by atoms with E-state index in [-0.39, 0.29) is 72.3 Å². The molecule has 0 radical (unpaired) electrons. The number of ether oxygens (including phenoxy) is 1. The minimum atomic E-state index is -1.05. The largest absolute Gasteiger partial charge is 0.494 e. The van der Waals surface area contributed by atoms with E-state index in [4.69, 9.17) is 15.6 Å². The second kappa shape index (κ2) is 14.9. The van der Waals surface area contributed by atoms with Gasteiger partial charge in [-0.3, -0.25) is 14.6 Å². The summed E-state index contributed by atoms with van der Waals surface area (Å²) in [5, 5.41) is 29.7. The Labute approximate surface area is 261 Å². The molecule has 1 aliphatic heterocycles. The van der Waals surface area contributed by atoms with Crippen LogP contribution in [0.1, 0.15) is 73.9 Å². The molecular formula is C35H38F2N4O4. The number of aliphatic hydroxyl groups is 1. The summed E-state index contributed by atoms with van der Waals surface area (Å²) in [6.07, 6.45) is 8.06. The number of nitrogens with one attached hydrogen (secondary N) is 3. The number of benzene rings is 2. The summed E-state index contributed by atoms with van der Waals surface area (Å²) in [6.45, 7) is 3.61. The van der Waals surface area contributed by atoms with E-state index in [1.165, 1.54) is 19.2 Å². The molecule has 0 aromatic heterocycles. The van der Waals surface area contributed by atoms with Crippen molar-refractivity contribution in [2.45, 2.75) is 64.9 Å². The summed E-state index contributed by atoms with van der Waals surface area (Å²) in [6, 6.07) is 8.25. The number of ketones is 2. The number of aliphatic imine (C=N–C) groups is 1. The Kier molecular flexibility index (Phi) is 11.1. The van der Waals surface area contributed by atoms with Crippen molar-refractivity contribution in [3.8, 4) is 5.75 Å². The van der Waals surface area contributed by atoms with Gasteiger partial charge in [0, 0.05) is 53.9 Å². The summed E-state index contributed by atoms with van der Waals surface area (Å²) in [7, 11) is 1.28. The zero-order valence-corrected chi connectivity index (χ0v) is 25.7. The zero-order chi connectivity index (χ0) is 32.7. The molecule has 1 heterocycles. The van der Waals surface area contributed by atoms with Gasteiger partial charge in [0.25, 0.3) is 0 Å². The molecule has 236 valence electrons. The van der Waals surface area contributed by atoms with Crippen LogP contribution in [0.5, 0.6) is 5.75 Å². The lowest BCUT2D eigenvalue weighted by molar-refractivity contribution is -0.112. The topological polar surface area (TPSA) is 136 Å². The number of anilines is 1. The Hall–Kier alpha value is -4.57. The van der Waals surface area contributed by atoms with E-state index < -0.39 is 17.7 Å². The maximum absolute atomic E-state index is 15.0. The van der Waals surface area contributed by atoms with Crippen molar-refractivity contribution in [2.24, 2.45) is 10.9 Å². The Bertz CT molecular complexity index is 1640. The van der Waals surface area contributed by atoms with Crippen LogP contribution in [0.2, 0.25) is 0 Å². The number of allylic oxidation sites excluding steroid dienone is 5. The second-order valence-corrected chi connectivity index (χ2v) is 11.0. The van der Waals surface area contributed by atoms with Crippen LogP contribution in [0.3, 0.4) is 0 Å². The van der Waals surface area contributed by atoms with Crippen molar-refractivity contribution >= 4 is 40.0 Å². The quantitative estimate of drug-likeness (QED) is 0.0968. The summed E-state index contributed by atoms with van der Waals surface area (Å²) in [4.78, 5) is 29.3. The van der Waals surface area contributed by atoms with Gasteiger partial charge in [0.15, 0.2) is 23.1 Å². The smallest absolute Gasteiger partial charge is 0.201 e. The fourth-order valence-electron chi connectivity index (χ4n) is 5.45. The highest BCUT2D eigenvalue weighted by atomic mass is 19.2. The molecule has 2 aromatic carbocycles. The van der Waals surface area contributed by atoms with Gasteiger partial charge in [0.1, 0.15) is 0 Å². The van der Waals surface area contributed by atoms with E-state index >= 15 is 0 Å². The molecule has 0 spiro atoms. The molecule has 0 fully saturated rings. The second-order valence-electron chi connectivity index (χ2n) is 11.0. The predicted molar refractivity (Wildman–Crippen MR) is 173 cm³/mol. The molecule has 0 saturated heterocycles. The molecule has 10 heteroatoms. The molecule has 0 amide bonds. The Morgan fingerprint density at radius 3 is 2.64 bits per heavy atom. The number of Topliss-reactive ketones (excluding diaryl/α,β-unsaturated/α-hetero) is 2. The van der Waals surface area contributed by atoms with Crippen LogP contribution in [0.4, 0.5) is 14.5 Å². The lowest BCUT2D eigenvalue weighted by atomic mass is 9.89. The van der Waals surface area contributed by atoms with Crippen molar-refractivity contribution in [1.82, 2.24) is 0 Å². The van der Waals surface area contributed by atoms with E-state index in [0.717, 1.165) is 16.9 Å². The monoisotopic (exact) mass is 616 g/mol. The Morgan fingerprint density at radius 2 is 1.93 bits per heavy atom. The van der Waals surface area contributed by atoms with Gasteiger partial charge in [-0.1, -0.05) is 32.1 Å². The first-order chi connectivity index (χ1) is 21.6. The number of rotatable bonds is 15. The van der Waals surface area contributed by atoms with Gasteiger partial charge in [-0.05, 0) is 67.2 Å². The van der Waals surface area contributed by atoms with Crippen molar-refractivity contribution < 1.29 is 28.2 Å². The van der Waals surface area contributed by atoms with Gasteiger partial charge in [0.05, 0.1) is 30.3 Å². The number of hydrogen-bond donors (Lipinski definition) is 4. The van der Waals surface area contributed by atoms with Crippen LogP contribution in [-0.4, -0.2) is 47.0 Å². The average molecular weight is 617 g/mol. The van der Waals surface area contributed by atoms with Crippen LogP contribution >= 0.6 is 0 Å². The molecule has 4 N–H and O–H groups in total. The number of methoxy groups -OCH3 is 1. The summed E-state index contributed by atoms with van der Waals surface area (Å²) >= 11 is 0. The number of nitrogens with zero attached hydrogens (tertiary/aromatic N) is 1. The molecule has 2 aromatic rings. The van der Waals surface area contributed by atoms with Gasteiger partial charge in [-0.2, -0.15) is 4.39 Å². The summed E-state index contributed by atoms with van der Waals surface area (Å²) < 4.78 is 34.4. The molecule has 2 atom stereocenters. The van der Waals surface area contributed by atoms with Crippen molar-refractivity contribution in [3.63, 3.8) is 0 Å². The van der Waals surface area contributed by atoms with Crippen LogP contribution in [-0.2, 0) is 11.2 Å². The van der Waals surface area contributed by atoms with Gasteiger partial charge in [-0.15, -0.1) is 0 Å². The number of aryl methyl sites for hydroxylation is 1. The van der Waals surface area contributed by atoms with E-state index in [1.54, 1.807) is 25.3 Å². The van der Waals surface area contributed by atoms with Gasteiger partial charge in [0.2, 0.25) is 5.82 Å². The fourth-order valence-corrected chi connectivity index (χ4v) is 5.45. The molecule has 0 saturated carbocycles. The van der Waals surface area contributed by atoms with Crippen LogP contribution in [0, 0.1) is 28.4 Å². The van der Waals surface area contributed by atoms with Gasteiger partial charge < -0.3 is 26.0 Å². The first-order valence-corrected chi connectivity index (χ1v) is 15.0. The normalized spacial score (nSPS) is 16.1. The molecule has 1 aliphatic carbocycles. The maximum atomic E-state index is 15.0. The van der Waals surface area contributed by atoms with E-state index in [1.807, 2.05) is 31.2 Å². The van der Waals surface area contributed by atoms with Crippen LogP contribution in [0.15, 0.2) is 65.4 Å². The predicted octanol–water partition coefficient (Wildman–Crippen LogP) is 7.03. The van der Waals surface area contributed by atoms with Crippen molar-refractivity contribution in [3.05, 3.63) is 88.8 Å². The maximum Gasteiger partial charge on any atom is 0.201 e. The first-order valence-electron chi connectivity index (χ1n) is 15.0. The van der Waals surface area contributed by atoms with Crippen LogP contribution < -0.4 is 10.1 Å². The summed E-state index contributed by atoms with van der Waals surface area (Å²) in [5.41, 5.74) is 4.08. The zero-order valence-electron chi connectivity index (χ0n) is 25.7. The minimum absolute atomic E-state index is 0.00497. The number of carbonyl (C=O) groups excluding carboxylic acids is 2. The minimum Gasteiger partial charge on any atom is -0.494 e. The third-order valence-corrected chi connectivity index (χ3v) is 7.92. The molecule has 2 aliphatic rings. The molecule has 4 rings (SSSR count). The molecular weight excluding hydrogens is 578 g/mol. The highest BCUT2D eigenvalue weighted by Gasteiger charge is 2.30. The summed E-state index contributed by atoms with van der Waals surface area (Å²) in [5.74, 6) is -3.10. The lowest BCUT2D eigenvalue weighted by Gasteiger charge is -2.19. The van der Waals surface area contributed by atoms with Crippen LogP contribution in [0.25, 0.3) is 5.57 Å². The van der Waals surface area contributed by atoms with Gasteiger partial charge in [-0.25, -0.2) is 4.39 Å². The SMILES string of the molecule is CCC(=O)C(=N)CCC(O)CC(=N)CC(=O)c1ccc(NC2=CCC=CC3C(c4ccc(OC)c(F)c4F)=CN=C23)cc1CC. The van der Waals surface area contributed by atoms with E-state index in [2.05, 4.69) is 10.3 Å². The average Bonchev–Trinajstić information content (AvgIpc) is 3.34. The highest BCUT2D eigenvalue weighted by Crippen LogP contribution is 2.38. The number of fused-ring (bicyclic) bond motifs is 1. The van der Waals surface area contributed by atoms with E-state index in [0.29, 0.717) is 29.7 Å². The molecule has 0 bridgehead atoms. The Morgan fingerprint density at radius 1 is 1.16 bits per heavy atom. The number of hydrogen-bond acceptors (Lipinski definition) is 8. The van der Waals surface area contributed by atoms with Gasteiger partial charge >= 0.3 is 0 Å². The van der Waals surface area contributed by atoms with Crippen molar-refractivity contribution in [2.75, 3.05) is 12.4 Å². The van der Waals surface area contributed by atoms with E-state index in [9.17, 15) is 23.5 Å². The highest BCUT2D eigenvalue weighted by molar-refractivity contribution is 6.38. The number of halogens is 2. The number of aliphatic hydroxyl groups excluding tert-OH is 1. The third-order valence-electron chi connectivity index (χ3n) is 7.92. The molecule has 8 nitrogen and oxygen atoms in total. The number of carbonyl (C=O) groups is 2. The molecule has 2 unspecified atom stereocenters. The first kappa shape index (κ1) is 33.3. The standard InChI is InChI=1S/C35H38F2N4O4/c1-4-20-16-22(10-12-24(20)31(44)18-21(38)17-23(42)11-14-28(39)30(43)5-2)41-29-9-7-6-8-26-27(19-40-35(26)29)25-13-15-32(45-3)34(37)33(25)36/h6,8-10,12-13,15-16,19,23,26,38-39,41-42H,4-5,7,11,14,17-18H2,1-3H3. The van der Waals surface area contributed by atoms with Crippen molar-refractivity contribution in [1.29, 1.82) is 10.8 Å². The lowest BCUT2D eigenvalue weighted by Crippen LogP contribution is -2.20.